The van der Waals surface area contributed by atoms with Gasteiger partial charge in [0.1, 0.15) is 11.8 Å². The fraction of sp³-hybridized carbons (Fsp3) is 0.227. The Kier molecular flexibility index (Phi) is 5.67. The normalized spacial score (nSPS) is 18.2. The van der Waals surface area contributed by atoms with Crippen molar-refractivity contribution >= 4 is 34.6 Å². The molecule has 1 aliphatic rings. The average Bonchev–Trinajstić information content (AvgIpc) is 3.42. The first-order chi connectivity index (χ1) is 14.6. The third kappa shape index (κ3) is 3.73. The highest BCUT2D eigenvalue weighted by Crippen LogP contribution is 2.42. The van der Waals surface area contributed by atoms with Crippen molar-refractivity contribution in [1.82, 2.24) is 15.3 Å². The van der Waals surface area contributed by atoms with Crippen molar-refractivity contribution < 1.29 is 9.53 Å². The first-order valence-corrected chi connectivity index (χ1v) is 10.1. The molecule has 1 saturated heterocycles. The molecule has 0 aliphatic carbocycles. The molecule has 2 aromatic heterocycles. The van der Waals surface area contributed by atoms with E-state index in [2.05, 4.69) is 25.5 Å². The van der Waals surface area contributed by atoms with Gasteiger partial charge in [-0.15, -0.1) is 0 Å². The lowest BCUT2D eigenvalue weighted by molar-refractivity contribution is -0.115. The van der Waals surface area contributed by atoms with Gasteiger partial charge in [0.25, 0.3) is 0 Å². The molecule has 30 heavy (non-hydrogen) atoms. The summed E-state index contributed by atoms with van der Waals surface area (Å²) in [6, 6.07) is 15.3. The van der Waals surface area contributed by atoms with E-state index in [0.717, 1.165) is 17.1 Å². The summed E-state index contributed by atoms with van der Waals surface area (Å²) < 4.78 is 5.54. The molecule has 0 unspecified atom stereocenters. The fourth-order valence-corrected chi connectivity index (χ4v) is 3.99. The number of H-pyrrole nitrogens is 1. The molecule has 1 aliphatic heterocycles. The van der Waals surface area contributed by atoms with E-state index in [1.54, 1.807) is 13.3 Å². The van der Waals surface area contributed by atoms with Gasteiger partial charge in [-0.2, -0.15) is 0 Å². The van der Waals surface area contributed by atoms with Crippen LogP contribution in [-0.2, 0) is 4.79 Å². The van der Waals surface area contributed by atoms with E-state index in [1.165, 1.54) is 0 Å². The second-order valence-corrected chi connectivity index (χ2v) is 7.30. The summed E-state index contributed by atoms with van der Waals surface area (Å²) in [7, 11) is 1.58. The van der Waals surface area contributed by atoms with Crippen molar-refractivity contribution in [3.05, 3.63) is 72.3 Å². The minimum atomic E-state index is -0.122. The molecule has 3 aromatic rings. The second kappa shape index (κ2) is 8.54. The Labute approximate surface area is 180 Å². The Balaban J connectivity index is 1.75. The van der Waals surface area contributed by atoms with E-state index in [9.17, 15) is 4.79 Å². The molecule has 8 heteroatoms. The average molecular weight is 422 g/mol. The summed E-state index contributed by atoms with van der Waals surface area (Å²) >= 11 is 5.71. The van der Waals surface area contributed by atoms with Crippen LogP contribution in [0.25, 0.3) is 0 Å². The minimum absolute atomic E-state index is 0.0705. The summed E-state index contributed by atoms with van der Waals surface area (Å²) in [6.45, 7) is 1.81. The largest absolute Gasteiger partial charge is 0.494 e. The molecule has 1 amide bonds. The zero-order valence-corrected chi connectivity index (χ0v) is 17.6. The van der Waals surface area contributed by atoms with Gasteiger partial charge in [0.15, 0.2) is 5.11 Å². The van der Waals surface area contributed by atoms with Gasteiger partial charge in [-0.1, -0.05) is 13.0 Å². The number of aromatic nitrogens is 2. The van der Waals surface area contributed by atoms with Crippen molar-refractivity contribution in [1.29, 1.82) is 0 Å². The van der Waals surface area contributed by atoms with Crippen LogP contribution in [0.15, 0.2) is 60.9 Å². The lowest BCUT2D eigenvalue weighted by Gasteiger charge is -2.27. The molecule has 7 nitrogen and oxygen atoms in total. The SMILES string of the molecule is CCC(=O)Nc1ccc(N2C(=S)N[C@@H](c3ccccn3)[C@@H]2c2ccc[nH]2)cc1OC. The number of ether oxygens (including phenoxy) is 1. The molecule has 0 spiro atoms. The highest BCUT2D eigenvalue weighted by molar-refractivity contribution is 7.80. The van der Waals surface area contributed by atoms with Gasteiger partial charge in [-0.05, 0) is 48.6 Å². The number of hydrogen-bond donors (Lipinski definition) is 3. The van der Waals surface area contributed by atoms with Crippen LogP contribution in [0.1, 0.15) is 36.8 Å². The van der Waals surface area contributed by atoms with Crippen LogP contribution in [0.2, 0.25) is 0 Å². The molecule has 0 saturated carbocycles. The lowest BCUT2D eigenvalue weighted by Crippen LogP contribution is -2.29. The minimum Gasteiger partial charge on any atom is -0.494 e. The van der Waals surface area contributed by atoms with E-state index >= 15 is 0 Å². The molecule has 0 bridgehead atoms. The molecular weight excluding hydrogens is 398 g/mol. The van der Waals surface area contributed by atoms with Crippen LogP contribution in [0.5, 0.6) is 5.75 Å². The standard InChI is InChI=1S/C22H23N5O2S/c1-3-19(28)25-15-10-9-14(13-18(15)29-2)27-21(17-8-6-12-24-17)20(26-22(27)30)16-7-4-5-11-23-16/h4-13,20-21,24H,3H2,1-2H3,(H,25,28)(H,26,30)/t20-,21-/m0/s1. The van der Waals surface area contributed by atoms with Gasteiger partial charge in [0.05, 0.1) is 24.5 Å². The predicted molar refractivity (Wildman–Crippen MR) is 121 cm³/mol. The lowest BCUT2D eigenvalue weighted by atomic mass is 10.0. The van der Waals surface area contributed by atoms with Gasteiger partial charge >= 0.3 is 0 Å². The number of amides is 1. The second-order valence-electron chi connectivity index (χ2n) is 6.91. The molecule has 1 aromatic carbocycles. The van der Waals surface area contributed by atoms with Crippen molar-refractivity contribution in [2.45, 2.75) is 25.4 Å². The third-order valence-corrected chi connectivity index (χ3v) is 5.41. The Morgan fingerprint density at radius 3 is 2.80 bits per heavy atom. The Bertz CT molecular complexity index is 1040. The van der Waals surface area contributed by atoms with E-state index in [-0.39, 0.29) is 18.0 Å². The molecule has 154 valence electrons. The topological polar surface area (TPSA) is 82.3 Å². The van der Waals surface area contributed by atoms with Gasteiger partial charge in [-0.25, -0.2) is 0 Å². The quantitative estimate of drug-likeness (QED) is 0.523. The smallest absolute Gasteiger partial charge is 0.224 e. The number of methoxy groups -OCH3 is 1. The first-order valence-electron chi connectivity index (χ1n) is 9.74. The van der Waals surface area contributed by atoms with E-state index in [0.29, 0.717) is 23.0 Å². The summed E-state index contributed by atoms with van der Waals surface area (Å²) in [4.78, 5) is 21.7. The molecule has 3 heterocycles. The fourth-order valence-electron chi connectivity index (χ4n) is 3.65. The van der Waals surface area contributed by atoms with Gasteiger partial charge in [0, 0.05) is 36.3 Å². The third-order valence-electron chi connectivity index (χ3n) is 5.10. The van der Waals surface area contributed by atoms with Crippen LogP contribution in [0.4, 0.5) is 11.4 Å². The summed E-state index contributed by atoms with van der Waals surface area (Å²) in [6.07, 6.45) is 4.07. The molecule has 1 fully saturated rings. The van der Waals surface area contributed by atoms with Gasteiger partial charge in [-0.3, -0.25) is 9.78 Å². The summed E-state index contributed by atoms with van der Waals surface area (Å²) in [5.74, 6) is 0.502. The highest BCUT2D eigenvalue weighted by Gasteiger charge is 2.41. The van der Waals surface area contributed by atoms with Crippen molar-refractivity contribution in [3.8, 4) is 5.75 Å². The monoisotopic (exact) mass is 421 g/mol. The zero-order valence-electron chi connectivity index (χ0n) is 16.8. The highest BCUT2D eigenvalue weighted by atomic mass is 32.1. The summed E-state index contributed by atoms with van der Waals surface area (Å²) in [5, 5.41) is 6.88. The summed E-state index contributed by atoms with van der Waals surface area (Å²) in [5.41, 5.74) is 3.40. The van der Waals surface area contributed by atoms with Crippen molar-refractivity contribution in [2.75, 3.05) is 17.3 Å². The molecule has 0 radical (unpaired) electrons. The Morgan fingerprint density at radius 2 is 2.13 bits per heavy atom. The maximum atomic E-state index is 11.8. The van der Waals surface area contributed by atoms with E-state index in [1.807, 2.05) is 61.7 Å². The van der Waals surface area contributed by atoms with Crippen LogP contribution in [-0.4, -0.2) is 28.1 Å². The molecular formula is C22H23N5O2S. The molecule has 4 rings (SSSR count). The molecule has 2 atom stereocenters. The number of carbonyl (C=O) groups excluding carboxylic acids is 1. The van der Waals surface area contributed by atoms with E-state index < -0.39 is 0 Å². The number of hydrogen-bond acceptors (Lipinski definition) is 4. The zero-order chi connectivity index (χ0) is 21.1. The number of thiocarbonyl (C=S) groups is 1. The Hall–Kier alpha value is -3.39. The van der Waals surface area contributed by atoms with Crippen LogP contribution in [0.3, 0.4) is 0 Å². The van der Waals surface area contributed by atoms with Crippen LogP contribution < -0.4 is 20.3 Å². The van der Waals surface area contributed by atoms with Crippen molar-refractivity contribution in [3.63, 3.8) is 0 Å². The predicted octanol–water partition coefficient (Wildman–Crippen LogP) is 3.94. The number of nitrogens with zero attached hydrogens (tertiary/aromatic N) is 2. The number of anilines is 2. The number of nitrogens with one attached hydrogen (secondary N) is 3. The number of pyridine rings is 1. The maximum Gasteiger partial charge on any atom is 0.224 e. The molecule has 3 N–H and O–H groups in total. The number of carbonyl (C=O) groups is 1. The van der Waals surface area contributed by atoms with Crippen molar-refractivity contribution in [2.24, 2.45) is 0 Å². The number of benzene rings is 1. The maximum absolute atomic E-state index is 11.8. The number of rotatable bonds is 6. The van der Waals surface area contributed by atoms with E-state index in [4.69, 9.17) is 17.0 Å². The van der Waals surface area contributed by atoms with Gasteiger partial charge in [0.2, 0.25) is 5.91 Å². The number of aromatic amines is 1. The van der Waals surface area contributed by atoms with Crippen LogP contribution in [0, 0.1) is 0 Å². The first kappa shape index (κ1) is 19.9. The van der Waals surface area contributed by atoms with Gasteiger partial charge < -0.3 is 25.3 Å². The van der Waals surface area contributed by atoms with Crippen LogP contribution >= 0.6 is 12.2 Å². The Morgan fingerprint density at radius 1 is 1.27 bits per heavy atom.